The molecule has 112 valence electrons. The lowest BCUT2D eigenvalue weighted by molar-refractivity contribution is 0.0941. The number of nitrogens with one attached hydrogen (secondary N) is 1. The van der Waals surface area contributed by atoms with Gasteiger partial charge in [-0.05, 0) is 40.8 Å². The van der Waals surface area contributed by atoms with Crippen LogP contribution in [-0.4, -0.2) is 17.0 Å². The van der Waals surface area contributed by atoms with Crippen LogP contribution in [0.25, 0.3) is 0 Å². The van der Waals surface area contributed by atoms with E-state index in [1.807, 2.05) is 16.8 Å². The summed E-state index contributed by atoms with van der Waals surface area (Å²) in [6, 6.07) is 1.91. The van der Waals surface area contributed by atoms with Crippen LogP contribution in [0.4, 0.5) is 0 Å². The zero-order chi connectivity index (χ0) is 14.4. The molecule has 1 saturated carbocycles. The minimum Gasteiger partial charge on any atom is -0.351 e. The van der Waals surface area contributed by atoms with Crippen molar-refractivity contribution < 1.29 is 4.79 Å². The van der Waals surface area contributed by atoms with Gasteiger partial charge in [0.25, 0.3) is 5.91 Å². The number of carbonyl (C=O) groups is 1. The molecule has 2 rings (SSSR count). The van der Waals surface area contributed by atoms with Crippen molar-refractivity contribution in [1.82, 2.24) is 9.88 Å². The van der Waals surface area contributed by atoms with Crippen LogP contribution in [0.15, 0.2) is 16.7 Å². The minimum absolute atomic E-state index is 0.0555. The van der Waals surface area contributed by atoms with Crippen LogP contribution in [0.5, 0.6) is 0 Å². The zero-order valence-corrected chi connectivity index (χ0v) is 13.9. The number of halogens is 1. The van der Waals surface area contributed by atoms with Crippen molar-refractivity contribution in [3.63, 3.8) is 0 Å². The number of aromatic nitrogens is 1. The highest BCUT2D eigenvalue weighted by Gasteiger charge is 2.15. The number of hydrogen-bond acceptors (Lipinski definition) is 1. The highest BCUT2D eigenvalue weighted by atomic mass is 79.9. The van der Waals surface area contributed by atoms with E-state index in [9.17, 15) is 4.79 Å². The van der Waals surface area contributed by atoms with Gasteiger partial charge in [0.15, 0.2) is 0 Å². The number of amides is 1. The largest absolute Gasteiger partial charge is 0.351 e. The Morgan fingerprint density at radius 1 is 1.40 bits per heavy atom. The summed E-state index contributed by atoms with van der Waals surface area (Å²) < 4.78 is 3.00. The summed E-state index contributed by atoms with van der Waals surface area (Å²) >= 11 is 3.45. The minimum atomic E-state index is 0.0555. The fourth-order valence-electron chi connectivity index (χ4n) is 3.05. The van der Waals surface area contributed by atoms with Crippen molar-refractivity contribution in [1.29, 1.82) is 0 Å². The summed E-state index contributed by atoms with van der Waals surface area (Å²) in [5.74, 6) is 0.873. The first-order valence-corrected chi connectivity index (χ1v) is 8.64. The number of rotatable bonds is 6. The fourth-order valence-corrected chi connectivity index (χ4v) is 3.51. The molecule has 1 aliphatic rings. The second-order valence-corrected chi connectivity index (χ2v) is 6.70. The van der Waals surface area contributed by atoms with E-state index in [2.05, 4.69) is 28.2 Å². The number of carbonyl (C=O) groups excluding carboxylic acids is 1. The summed E-state index contributed by atoms with van der Waals surface area (Å²) in [7, 11) is 0. The van der Waals surface area contributed by atoms with E-state index in [0.29, 0.717) is 0 Å². The molecule has 1 aromatic heterocycles. The van der Waals surface area contributed by atoms with Crippen molar-refractivity contribution in [3.8, 4) is 0 Å². The molecule has 1 fully saturated rings. The second kappa shape index (κ2) is 7.87. The summed E-state index contributed by atoms with van der Waals surface area (Å²) in [4.78, 5) is 12.2. The van der Waals surface area contributed by atoms with Gasteiger partial charge >= 0.3 is 0 Å². The molecule has 0 bridgehead atoms. The van der Waals surface area contributed by atoms with E-state index in [4.69, 9.17) is 0 Å². The molecule has 0 aliphatic heterocycles. The molecule has 20 heavy (non-hydrogen) atoms. The standard InChI is InChI=1S/C16H25BrN2O/c1-2-10-19-12-14(17)11-15(19)16(20)18-9-8-13-6-4-3-5-7-13/h11-13H,2-10H2,1H3,(H,18,20). The Morgan fingerprint density at radius 2 is 2.15 bits per heavy atom. The van der Waals surface area contributed by atoms with Crippen LogP contribution in [0.3, 0.4) is 0 Å². The van der Waals surface area contributed by atoms with Gasteiger partial charge in [-0.1, -0.05) is 39.0 Å². The van der Waals surface area contributed by atoms with Crippen LogP contribution in [0, 0.1) is 5.92 Å². The van der Waals surface area contributed by atoms with Gasteiger partial charge in [-0.3, -0.25) is 4.79 Å². The Bertz CT molecular complexity index is 436. The van der Waals surface area contributed by atoms with Crippen LogP contribution in [-0.2, 0) is 6.54 Å². The van der Waals surface area contributed by atoms with E-state index in [0.717, 1.165) is 42.0 Å². The van der Waals surface area contributed by atoms with Crippen LogP contribution in [0.1, 0.15) is 62.4 Å². The average molecular weight is 341 g/mol. The van der Waals surface area contributed by atoms with Crippen LogP contribution >= 0.6 is 15.9 Å². The predicted octanol–water partition coefficient (Wildman–Crippen LogP) is 4.36. The molecule has 0 aromatic carbocycles. The van der Waals surface area contributed by atoms with E-state index < -0.39 is 0 Å². The molecule has 1 aliphatic carbocycles. The van der Waals surface area contributed by atoms with E-state index in [1.165, 1.54) is 32.1 Å². The van der Waals surface area contributed by atoms with Gasteiger partial charge in [0, 0.05) is 23.8 Å². The molecule has 0 unspecified atom stereocenters. The van der Waals surface area contributed by atoms with Gasteiger partial charge in [-0.15, -0.1) is 0 Å². The quantitative estimate of drug-likeness (QED) is 0.819. The summed E-state index contributed by atoms with van der Waals surface area (Å²) in [6.07, 6.45) is 10.9. The number of hydrogen-bond donors (Lipinski definition) is 1. The molecule has 1 aromatic rings. The Hall–Kier alpha value is -0.770. The van der Waals surface area contributed by atoms with Crippen molar-refractivity contribution in [2.24, 2.45) is 5.92 Å². The van der Waals surface area contributed by atoms with Crippen molar-refractivity contribution in [3.05, 3.63) is 22.4 Å². The van der Waals surface area contributed by atoms with Crippen molar-refractivity contribution in [2.75, 3.05) is 6.54 Å². The van der Waals surface area contributed by atoms with Gasteiger partial charge in [0.05, 0.1) is 0 Å². The molecule has 0 atom stereocenters. The third-order valence-electron chi connectivity index (χ3n) is 4.12. The second-order valence-electron chi connectivity index (χ2n) is 5.79. The molecule has 3 nitrogen and oxygen atoms in total. The molecule has 4 heteroatoms. The molecule has 0 spiro atoms. The molecule has 1 amide bonds. The van der Waals surface area contributed by atoms with E-state index in [-0.39, 0.29) is 5.91 Å². The Labute approximate surface area is 130 Å². The highest BCUT2D eigenvalue weighted by molar-refractivity contribution is 9.10. The van der Waals surface area contributed by atoms with E-state index in [1.54, 1.807) is 0 Å². The summed E-state index contributed by atoms with van der Waals surface area (Å²) in [6.45, 7) is 3.81. The van der Waals surface area contributed by atoms with Crippen molar-refractivity contribution >= 4 is 21.8 Å². The maximum absolute atomic E-state index is 12.2. The third kappa shape index (κ3) is 4.37. The lowest BCUT2D eigenvalue weighted by atomic mass is 9.87. The first kappa shape index (κ1) is 15.6. The zero-order valence-electron chi connectivity index (χ0n) is 12.3. The maximum Gasteiger partial charge on any atom is 0.267 e. The normalized spacial score (nSPS) is 16.3. The lowest BCUT2D eigenvalue weighted by Crippen LogP contribution is -2.28. The van der Waals surface area contributed by atoms with Gasteiger partial charge in [-0.25, -0.2) is 0 Å². The van der Waals surface area contributed by atoms with Crippen LogP contribution in [0.2, 0.25) is 0 Å². The predicted molar refractivity (Wildman–Crippen MR) is 85.9 cm³/mol. The molecular weight excluding hydrogens is 316 g/mol. The maximum atomic E-state index is 12.2. The Balaban J connectivity index is 1.81. The SMILES string of the molecule is CCCn1cc(Br)cc1C(=O)NCCC1CCCCC1. The third-order valence-corrected chi connectivity index (χ3v) is 4.56. The van der Waals surface area contributed by atoms with Gasteiger partial charge < -0.3 is 9.88 Å². The first-order chi connectivity index (χ1) is 9.70. The molecule has 1 heterocycles. The average Bonchev–Trinajstić information content (AvgIpc) is 2.81. The van der Waals surface area contributed by atoms with Gasteiger partial charge in [0.1, 0.15) is 5.69 Å². The fraction of sp³-hybridized carbons (Fsp3) is 0.688. The summed E-state index contributed by atoms with van der Waals surface area (Å²) in [5.41, 5.74) is 0.766. The van der Waals surface area contributed by atoms with Gasteiger partial charge in [-0.2, -0.15) is 0 Å². The monoisotopic (exact) mass is 340 g/mol. The molecule has 0 saturated heterocycles. The highest BCUT2D eigenvalue weighted by Crippen LogP contribution is 2.25. The lowest BCUT2D eigenvalue weighted by Gasteiger charge is -2.21. The smallest absolute Gasteiger partial charge is 0.267 e. The number of nitrogens with zero attached hydrogens (tertiary/aromatic N) is 1. The Kier molecular flexibility index (Phi) is 6.14. The van der Waals surface area contributed by atoms with Crippen LogP contribution < -0.4 is 5.32 Å². The molecular formula is C16H25BrN2O. The molecule has 1 N–H and O–H groups in total. The summed E-state index contributed by atoms with van der Waals surface area (Å²) in [5, 5.41) is 3.08. The van der Waals surface area contributed by atoms with Crippen molar-refractivity contribution in [2.45, 2.75) is 58.4 Å². The topological polar surface area (TPSA) is 34.0 Å². The first-order valence-electron chi connectivity index (χ1n) is 7.84. The number of aryl methyl sites for hydroxylation is 1. The van der Waals surface area contributed by atoms with E-state index >= 15 is 0 Å². The Morgan fingerprint density at radius 3 is 2.85 bits per heavy atom. The molecule has 0 radical (unpaired) electrons. The van der Waals surface area contributed by atoms with Gasteiger partial charge in [0.2, 0.25) is 0 Å².